The van der Waals surface area contributed by atoms with Gasteiger partial charge in [-0.05, 0) is 77.5 Å². The van der Waals surface area contributed by atoms with E-state index in [-0.39, 0.29) is 12.5 Å². The number of thioether (sulfide) groups is 1. The molecule has 0 saturated heterocycles. The van der Waals surface area contributed by atoms with Crippen molar-refractivity contribution in [2.24, 2.45) is 0 Å². The molecule has 13 heteroatoms. The van der Waals surface area contributed by atoms with E-state index in [1.165, 1.54) is 11.8 Å². The van der Waals surface area contributed by atoms with Crippen LogP contribution in [0.4, 0.5) is 11.6 Å². The van der Waals surface area contributed by atoms with Crippen molar-refractivity contribution in [3.63, 3.8) is 0 Å². The summed E-state index contributed by atoms with van der Waals surface area (Å²) in [6.07, 6.45) is 0. The van der Waals surface area contributed by atoms with Gasteiger partial charge in [-0.3, -0.25) is 4.79 Å². The Balaban J connectivity index is 1.56. The number of anilines is 2. The highest BCUT2D eigenvalue weighted by Crippen LogP contribution is 2.44. The summed E-state index contributed by atoms with van der Waals surface area (Å²) in [6, 6.07) is 15.7. The lowest BCUT2D eigenvalue weighted by atomic mass is 9.94. The second-order valence-electron chi connectivity index (χ2n) is 9.57. The molecule has 9 nitrogen and oxygen atoms in total. The maximum absolute atomic E-state index is 14.1. The first-order chi connectivity index (χ1) is 21.2. The van der Waals surface area contributed by atoms with Gasteiger partial charge in [0, 0.05) is 21.3 Å². The smallest absolute Gasteiger partial charge is 0.255 e. The average Bonchev–Trinajstić information content (AvgIpc) is 3.39. The summed E-state index contributed by atoms with van der Waals surface area (Å²) in [5, 5.41) is 12.7. The Labute approximate surface area is 278 Å². The lowest BCUT2D eigenvalue weighted by Gasteiger charge is -2.29. The van der Waals surface area contributed by atoms with Crippen LogP contribution in [0.2, 0.25) is 10.0 Å². The number of amides is 1. The zero-order valence-electron chi connectivity index (χ0n) is 24.4. The molecule has 0 aliphatic carbocycles. The van der Waals surface area contributed by atoms with Crippen molar-refractivity contribution >= 4 is 68.4 Å². The summed E-state index contributed by atoms with van der Waals surface area (Å²) in [6.45, 7) is 6.36. The maximum Gasteiger partial charge on any atom is 0.255 e. The third-order valence-electron chi connectivity index (χ3n) is 6.78. The minimum Gasteiger partial charge on any atom is -0.493 e. The number of fused-ring (bicyclic) bond motifs is 1. The molecular formula is C31H30BrCl2N5O4S. The minimum absolute atomic E-state index is 0.122. The van der Waals surface area contributed by atoms with Gasteiger partial charge in [-0.15, -0.1) is 5.10 Å². The van der Waals surface area contributed by atoms with Gasteiger partial charge in [0.15, 0.2) is 11.5 Å². The van der Waals surface area contributed by atoms with Crippen LogP contribution < -0.4 is 24.8 Å². The van der Waals surface area contributed by atoms with Crippen LogP contribution in [0.15, 0.2) is 75.5 Å². The molecule has 5 rings (SSSR count). The second kappa shape index (κ2) is 14.2. The number of methoxy groups -OCH3 is 1. The highest BCUT2D eigenvalue weighted by molar-refractivity contribution is 9.10. The van der Waals surface area contributed by atoms with Crippen LogP contribution in [0.25, 0.3) is 0 Å². The fraction of sp³-hybridized carbons (Fsp3) is 0.258. The fourth-order valence-corrected chi connectivity index (χ4v) is 6.45. The van der Waals surface area contributed by atoms with Gasteiger partial charge in [0.25, 0.3) is 5.91 Å². The SMILES string of the molecule is CCOc1ccccc1NC(=O)C1=C(C)Nc2nc(SCC)nn2C1c1cc(Br)c(OCc2c(Cl)cccc2Cl)c(OC)c1. The summed E-state index contributed by atoms with van der Waals surface area (Å²) in [4.78, 5) is 18.7. The highest BCUT2D eigenvalue weighted by atomic mass is 79.9. The molecule has 0 saturated carbocycles. The fourth-order valence-electron chi connectivity index (χ4n) is 4.82. The van der Waals surface area contributed by atoms with Crippen LogP contribution >= 0.6 is 50.9 Å². The summed E-state index contributed by atoms with van der Waals surface area (Å²) in [5.74, 6) is 2.48. The number of aromatic nitrogens is 3. The van der Waals surface area contributed by atoms with Gasteiger partial charge in [0.1, 0.15) is 18.4 Å². The quantitative estimate of drug-likeness (QED) is 0.149. The number of halogens is 3. The molecule has 4 aromatic rings. The molecule has 1 atom stereocenters. The molecular weight excluding hydrogens is 689 g/mol. The van der Waals surface area contributed by atoms with Crippen LogP contribution in [0.1, 0.15) is 37.9 Å². The highest BCUT2D eigenvalue weighted by Gasteiger charge is 2.36. The lowest BCUT2D eigenvalue weighted by Crippen LogP contribution is -2.31. The number of para-hydroxylation sites is 2. The Morgan fingerprint density at radius 2 is 1.84 bits per heavy atom. The summed E-state index contributed by atoms with van der Waals surface area (Å²) in [7, 11) is 1.56. The number of rotatable bonds is 11. The number of benzene rings is 3. The first kappa shape index (κ1) is 32.0. The van der Waals surface area contributed by atoms with Crippen molar-refractivity contribution in [3.8, 4) is 17.2 Å². The van der Waals surface area contributed by atoms with E-state index in [1.807, 2.05) is 51.1 Å². The number of carbonyl (C=O) groups is 1. The number of allylic oxidation sites excluding steroid dienone is 1. The van der Waals surface area contributed by atoms with Crippen LogP contribution in [0.5, 0.6) is 17.2 Å². The predicted molar refractivity (Wildman–Crippen MR) is 179 cm³/mol. The number of hydrogen-bond donors (Lipinski definition) is 2. The molecule has 0 bridgehead atoms. The third-order valence-corrected chi connectivity index (χ3v) is 8.79. The van der Waals surface area contributed by atoms with Crippen molar-refractivity contribution in [1.82, 2.24) is 14.8 Å². The Morgan fingerprint density at radius 3 is 2.55 bits per heavy atom. The van der Waals surface area contributed by atoms with E-state index >= 15 is 0 Å². The topological polar surface area (TPSA) is 99.5 Å². The Hall–Kier alpha value is -3.38. The van der Waals surface area contributed by atoms with Gasteiger partial charge in [0.2, 0.25) is 11.1 Å². The number of nitrogens with zero attached hydrogens (tertiary/aromatic N) is 3. The van der Waals surface area contributed by atoms with Crippen molar-refractivity contribution < 1.29 is 19.0 Å². The average molecular weight is 719 g/mol. The molecule has 0 radical (unpaired) electrons. The Morgan fingerprint density at radius 1 is 1.09 bits per heavy atom. The number of hydrogen-bond acceptors (Lipinski definition) is 8. The van der Waals surface area contributed by atoms with Crippen LogP contribution in [-0.4, -0.2) is 40.1 Å². The molecule has 230 valence electrons. The zero-order chi connectivity index (χ0) is 31.4. The molecule has 0 spiro atoms. The predicted octanol–water partition coefficient (Wildman–Crippen LogP) is 8.37. The monoisotopic (exact) mass is 717 g/mol. The number of ether oxygens (including phenoxy) is 3. The van der Waals surface area contributed by atoms with Gasteiger partial charge >= 0.3 is 0 Å². The van der Waals surface area contributed by atoms with Gasteiger partial charge in [-0.2, -0.15) is 4.98 Å². The first-order valence-electron chi connectivity index (χ1n) is 13.8. The lowest BCUT2D eigenvalue weighted by molar-refractivity contribution is -0.113. The van der Waals surface area contributed by atoms with E-state index in [0.717, 1.165) is 11.3 Å². The van der Waals surface area contributed by atoms with E-state index < -0.39 is 6.04 Å². The Bertz CT molecular complexity index is 1710. The van der Waals surface area contributed by atoms with E-state index in [1.54, 1.807) is 36.1 Å². The van der Waals surface area contributed by atoms with Gasteiger partial charge in [-0.1, -0.05) is 60.1 Å². The van der Waals surface area contributed by atoms with Crippen LogP contribution in [0.3, 0.4) is 0 Å². The van der Waals surface area contributed by atoms with Gasteiger partial charge in [0.05, 0.1) is 29.4 Å². The largest absolute Gasteiger partial charge is 0.493 e. The molecule has 2 heterocycles. The first-order valence-corrected chi connectivity index (χ1v) is 16.3. The van der Waals surface area contributed by atoms with Gasteiger partial charge in [-0.25, -0.2) is 4.68 Å². The summed E-state index contributed by atoms with van der Waals surface area (Å²) >= 11 is 17.9. The van der Waals surface area contributed by atoms with Crippen molar-refractivity contribution in [3.05, 3.63) is 91.5 Å². The molecule has 2 N–H and O–H groups in total. The van der Waals surface area contributed by atoms with Crippen molar-refractivity contribution in [1.29, 1.82) is 0 Å². The molecule has 3 aromatic carbocycles. The maximum atomic E-state index is 14.1. The van der Waals surface area contributed by atoms with E-state index in [9.17, 15) is 4.79 Å². The minimum atomic E-state index is -0.651. The molecule has 1 amide bonds. The summed E-state index contributed by atoms with van der Waals surface area (Å²) in [5.41, 5.74) is 3.03. The zero-order valence-corrected chi connectivity index (χ0v) is 28.3. The standard InChI is InChI=1S/C31H30BrCl2N5O4S/c1-5-42-24-13-8-7-12-23(24)36-29(40)26-17(3)35-30-37-31(44-6-2)38-39(30)27(26)18-14-20(32)28(25(15-18)41-4)43-16-19-21(33)10-9-11-22(19)34/h7-15,27H,5-6,16H2,1-4H3,(H,36,40)(H,35,37,38). The van der Waals surface area contributed by atoms with Crippen molar-refractivity contribution in [2.75, 3.05) is 30.1 Å². The van der Waals surface area contributed by atoms with E-state index in [4.69, 9.17) is 42.5 Å². The van der Waals surface area contributed by atoms with E-state index in [2.05, 4.69) is 31.5 Å². The molecule has 0 fully saturated rings. The molecule has 1 aliphatic rings. The number of carbonyl (C=O) groups excluding carboxylic acids is 1. The van der Waals surface area contributed by atoms with Gasteiger partial charge < -0.3 is 24.8 Å². The molecule has 1 aromatic heterocycles. The van der Waals surface area contributed by atoms with Crippen molar-refractivity contribution in [2.45, 2.75) is 38.6 Å². The number of nitrogens with one attached hydrogen (secondary N) is 2. The second-order valence-corrected chi connectivity index (χ2v) is 12.5. The van der Waals surface area contributed by atoms with Crippen LogP contribution in [0, 0.1) is 0 Å². The third kappa shape index (κ3) is 6.66. The summed E-state index contributed by atoms with van der Waals surface area (Å²) < 4.78 is 20.0. The molecule has 44 heavy (non-hydrogen) atoms. The Kier molecular flexibility index (Phi) is 10.3. The van der Waals surface area contributed by atoms with E-state index in [0.29, 0.717) is 72.0 Å². The normalized spacial score (nSPS) is 14.1. The van der Waals surface area contributed by atoms with Crippen LogP contribution in [-0.2, 0) is 11.4 Å². The molecule has 1 unspecified atom stereocenters. The molecule has 1 aliphatic heterocycles.